The first-order chi connectivity index (χ1) is 13.6. The maximum absolute atomic E-state index is 12.6. The maximum atomic E-state index is 12.6. The molecule has 0 aromatic heterocycles. The molecular formula is C23H22O5. The standard InChI is InChI=1S/C23H22O5/c24-18(8-6-15-7-9-21-22(12-15)28-11-10-27-21)23-19(25)13-17(14-20(23)26)16-4-2-1-3-5-16/h1-5,7,9,12,17,23H,6,8,10-11,13-14H2. The highest BCUT2D eigenvalue weighted by Crippen LogP contribution is 2.33. The number of carbonyl (C=O) groups is 3. The van der Waals surface area contributed by atoms with Crippen LogP contribution in [-0.4, -0.2) is 30.6 Å². The van der Waals surface area contributed by atoms with E-state index in [1.807, 2.05) is 48.5 Å². The van der Waals surface area contributed by atoms with Crippen LogP contribution in [0.1, 0.15) is 36.3 Å². The van der Waals surface area contributed by atoms with E-state index >= 15 is 0 Å². The Labute approximate surface area is 163 Å². The summed E-state index contributed by atoms with van der Waals surface area (Å²) in [6.07, 6.45) is 1.12. The Bertz CT molecular complexity index is 884. The van der Waals surface area contributed by atoms with Gasteiger partial charge in [0.05, 0.1) is 0 Å². The molecule has 2 aromatic rings. The second-order valence-corrected chi connectivity index (χ2v) is 7.33. The zero-order chi connectivity index (χ0) is 19.5. The topological polar surface area (TPSA) is 69.7 Å². The van der Waals surface area contributed by atoms with Gasteiger partial charge in [0.1, 0.15) is 19.1 Å². The summed E-state index contributed by atoms with van der Waals surface area (Å²) in [5.74, 6) is -0.635. The average molecular weight is 378 g/mol. The van der Waals surface area contributed by atoms with E-state index < -0.39 is 5.92 Å². The molecule has 1 aliphatic carbocycles. The number of hydrogen-bond acceptors (Lipinski definition) is 5. The van der Waals surface area contributed by atoms with E-state index in [9.17, 15) is 14.4 Å². The van der Waals surface area contributed by atoms with Crippen molar-refractivity contribution in [3.63, 3.8) is 0 Å². The fraction of sp³-hybridized carbons (Fsp3) is 0.348. The molecule has 0 bridgehead atoms. The number of hydrogen-bond donors (Lipinski definition) is 0. The molecular weight excluding hydrogens is 356 g/mol. The van der Waals surface area contributed by atoms with Crippen LogP contribution in [0.4, 0.5) is 0 Å². The van der Waals surface area contributed by atoms with Gasteiger partial charge in [-0.1, -0.05) is 36.4 Å². The second kappa shape index (κ2) is 7.97. The molecule has 1 aliphatic heterocycles. The van der Waals surface area contributed by atoms with E-state index in [1.165, 1.54) is 0 Å². The summed E-state index contributed by atoms with van der Waals surface area (Å²) in [6, 6.07) is 15.1. The molecule has 0 atom stereocenters. The molecule has 5 nitrogen and oxygen atoms in total. The van der Waals surface area contributed by atoms with Crippen molar-refractivity contribution in [2.45, 2.75) is 31.6 Å². The molecule has 0 N–H and O–H groups in total. The monoisotopic (exact) mass is 378 g/mol. The first kappa shape index (κ1) is 18.4. The molecule has 2 aliphatic rings. The number of ether oxygens (including phenoxy) is 2. The molecule has 0 unspecified atom stereocenters. The lowest BCUT2D eigenvalue weighted by Crippen LogP contribution is -2.38. The van der Waals surface area contributed by atoms with Crippen LogP contribution in [0.3, 0.4) is 0 Å². The van der Waals surface area contributed by atoms with Crippen molar-refractivity contribution in [1.82, 2.24) is 0 Å². The molecule has 5 heteroatoms. The second-order valence-electron chi connectivity index (χ2n) is 7.33. The van der Waals surface area contributed by atoms with Gasteiger partial charge in [-0.25, -0.2) is 0 Å². The maximum Gasteiger partial charge on any atom is 0.161 e. The lowest BCUT2D eigenvalue weighted by Gasteiger charge is -2.26. The van der Waals surface area contributed by atoms with Gasteiger partial charge in [-0.15, -0.1) is 0 Å². The Morgan fingerprint density at radius 3 is 2.29 bits per heavy atom. The third-order valence-corrected chi connectivity index (χ3v) is 5.40. The van der Waals surface area contributed by atoms with Gasteiger partial charge in [0, 0.05) is 19.3 Å². The molecule has 0 spiro atoms. The van der Waals surface area contributed by atoms with Gasteiger partial charge in [-0.2, -0.15) is 0 Å². The Morgan fingerprint density at radius 2 is 1.57 bits per heavy atom. The highest BCUT2D eigenvalue weighted by Gasteiger charge is 2.39. The van der Waals surface area contributed by atoms with Gasteiger partial charge in [0.25, 0.3) is 0 Å². The molecule has 4 rings (SSSR count). The largest absolute Gasteiger partial charge is 0.486 e. The lowest BCUT2D eigenvalue weighted by atomic mass is 9.74. The summed E-state index contributed by atoms with van der Waals surface area (Å²) in [4.78, 5) is 37.7. The van der Waals surface area contributed by atoms with Gasteiger partial charge >= 0.3 is 0 Å². The minimum Gasteiger partial charge on any atom is -0.486 e. The molecule has 0 saturated heterocycles. The van der Waals surface area contributed by atoms with Crippen molar-refractivity contribution < 1.29 is 23.9 Å². The number of carbonyl (C=O) groups excluding carboxylic acids is 3. The lowest BCUT2D eigenvalue weighted by molar-refractivity contribution is -0.142. The van der Waals surface area contributed by atoms with Gasteiger partial charge in [0.2, 0.25) is 0 Å². The highest BCUT2D eigenvalue weighted by molar-refractivity contribution is 6.21. The van der Waals surface area contributed by atoms with E-state index in [0.717, 1.165) is 11.1 Å². The van der Waals surface area contributed by atoms with E-state index in [4.69, 9.17) is 9.47 Å². The predicted molar refractivity (Wildman–Crippen MR) is 103 cm³/mol. The zero-order valence-corrected chi connectivity index (χ0v) is 15.6. The fourth-order valence-corrected chi connectivity index (χ4v) is 3.95. The molecule has 28 heavy (non-hydrogen) atoms. The van der Waals surface area contributed by atoms with E-state index in [0.29, 0.717) is 31.1 Å². The zero-order valence-electron chi connectivity index (χ0n) is 15.6. The van der Waals surface area contributed by atoms with Crippen molar-refractivity contribution in [3.8, 4) is 11.5 Å². The summed E-state index contributed by atoms with van der Waals surface area (Å²) in [5.41, 5.74) is 1.90. The van der Waals surface area contributed by atoms with Crippen LogP contribution >= 0.6 is 0 Å². The summed E-state index contributed by atoms with van der Waals surface area (Å²) < 4.78 is 11.0. The van der Waals surface area contributed by atoms with Crippen LogP contribution < -0.4 is 9.47 Å². The number of Topliss-reactive ketones (excluding diaryl/α,β-unsaturated/α-hetero) is 3. The molecule has 144 valence electrons. The quantitative estimate of drug-likeness (QED) is 0.747. The van der Waals surface area contributed by atoms with Crippen LogP contribution in [0.2, 0.25) is 0 Å². The Kier molecular flexibility index (Phi) is 5.24. The minimum absolute atomic E-state index is 0.122. The van der Waals surface area contributed by atoms with Crippen molar-refractivity contribution in [2.24, 2.45) is 5.92 Å². The van der Waals surface area contributed by atoms with Gasteiger partial charge in [0.15, 0.2) is 28.8 Å². The van der Waals surface area contributed by atoms with E-state index in [-0.39, 0.29) is 42.5 Å². The van der Waals surface area contributed by atoms with Crippen molar-refractivity contribution in [2.75, 3.05) is 13.2 Å². The Morgan fingerprint density at radius 1 is 0.893 bits per heavy atom. The van der Waals surface area contributed by atoms with Crippen molar-refractivity contribution in [1.29, 1.82) is 0 Å². The third-order valence-electron chi connectivity index (χ3n) is 5.40. The number of rotatable bonds is 5. The molecule has 2 aromatic carbocycles. The number of fused-ring (bicyclic) bond motifs is 1. The normalized spacial score (nSPS) is 21.4. The summed E-state index contributed by atoms with van der Waals surface area (Å²) in [7, 11) is 0. The highest BCUT2D eigenvalue weighted by atomic mass is 16.6. The smallest absolute Gasteiger partial charge is 0.161 e. The van der Waals surface area contributed by atoms with Gasteiger partial charge < -0.3 is 9.47 Å². The third kappa shape index (κ3) is 3.84. The van der Waals surface area contributed by atoms with Crippen LogP contribution in [0.5, 0.6) is 11.5 Å². The van der Waals surface area contributed by atoms with E-state index in [2.05, 4.69) is 0 Å². The van der Waals surface area contributed by atoms with Crippen LogP contribution in [-0.2, 0) is 20.8 Å². The van der Waals surface area contributed by atoms with Gasteiger partial charge in [-0.3, -0.25) is 14.4 Å². The molecule has 0 amide bonds. The number of benzene rings is 2. The average Bonchev–Trinajstić information content (AvgIpc) is 2.72. The van der Waals surface area contributed by atoms with Crippen molar-refractivity contribution >= 4 is 17.3 Å². The predicted octanol–water partition coefficient (Wildman–Crippen LogP) is 3.29. The molecule has 1 fully saturated rings. The Balaban J connectivity index is 1.38. The summed E-state index contributed by atoms with van der Waals surface area (Å²) >= 11 is 0. The summed E-state index contributed by atoms with van der Waals surface area (Å²) in [6.45, 7) is 1.03. The number of aryl methyl sites for hydroxylation is 1. The SMILES string of the molecule is O=C(CCc1ccc2c(c1)OCCO2)C1C(=O)CC(c2ccccc2)CC1=O. The first-order valence-electron chi connectivity index (χ1n) is 9.63. The number of ketones is 3. The van der Waals surface area contributed by atoms with Crippen LogP contribution in [0.25, 0.3) is 0 Å². The van der Waals surface area contributed by atoms with E-state index in [1.54, 1.807) is 0 Å². The fourth-order valence-electron chi connectivity index (χ4n) is 3.95. The van der Waals surface area contributed by atoms with Gasteiger partial charge in [-0.05, 0) is 35.6 Å². The Hall–Kier alpha value is -2.95. The molecule has 0 radical (unpaired) electrons. The molecule has 1 saturated carbocycles. The van der Waals surface area contributed by atoms with Crippen LogP contribution in [0, 0.1) is 5.92 Å². The minimum atomic E-state index is -1.10. The van der Waals surface area contributed by atoms with Crippen molar-refractivity contribution in [3.05, 3.63) is 59.7 Å². The first-order valence-corrected chi connectivity index (χ1v) is 9.63. The van der Waals surface area contributed by atoms with Crippen LogP contribution in [0.15, 0.2) is 48.5 Å². The molecule has 1 heterocycles. The summed E-state index contributed by atoms with van der Waals surface area (Å²) in [5, 5.41) is 0.